The van der Waals surface area contributed by atoms with Gasteiger partial charge in [-0.2, -0.15) is 0 Å². The molecule has 12 heteroatoms. The lowest BCUT2D eigenvalue weighted by atomic mass is 9.55. The Morgan fingerprint density at radius 2 is 1.69 bits per heavy atom. The summed E-state index contributed by atoms with van der Waals surface area (Å²) in [7, 11) is 1.38. The van der Waals surface area contributed by atoms with Crippen LogP contribution in [0.25, 0.3) is 0 Å². The van der Waals surface area contributed by atoms with Gasteiger partial charge in [0, 0.05) is 44.2 Å². The number of aliphatic hydroxyl groups excluding tert-OH is 2. The van der Waals surface area contributed by atoms with Crippen molar-refractivity contribution in [2.45, 2.75) is 89.2 Å². The molecule has 6 unspecified atom stereocenters. The molecule has 3 N–H and O–H groups in total. The van der Waals surface area contributed by atoms with Gasteiger partial charge in [0.2, 0.25) is 5.79 Å². The van der Waals surface area contributed by atoms with E-state index in [2.05, 4.69) is 18.0 Å². The molecule has 1 heterocycles. The van der Waals surface area contributed by atoms with Crippen LogP contribution in [0.15, 0.2) is 108 Å². The monoisotopic (exact) mass is 809 g/mol. The molecule has 3 aromatic carbocycles. The molecule has 3 aromatic rings. The highest BCUT2D eigenvalue weighted by Crippen LogP contribution is 2.62. The Bertz CT molecular complexity index is 1900. The van der Waals surface area contributed by atoms with Gasteiger partial charge in [-0.25, -0.2) is 9.59 Å². The van der Waals surface area contributed by atoms with E-state index in [4.69, 9.17) is 28.9 Å². The average molecular weight is 810 g/mol. The number of oxime groups is 1. The van der Waals surface area contributed by atoms with Crippen molar-refractivity contribution < 1.29 is 43.6 Å². The first-order chi connectivity index (χ1) is 28.9. The number of unbranched alkanes of at least 4 members (excludes halogenated alkanes) is 2. The first kappa shape index (κ1) is 43.4. The molecule has 316 valence electrons. The van der Waals surface area contributed by atoms with E-state index in [-0.39, 0.29) is 50.6 Å². The Kier molecular flexibility index (Phi) is 15.6. The predicted molar refractivity (Wildman–Crippen MR) is 225 cm³/mol. The number of hydrogen-bond acceptors (Lipinski definition) is 10. The molecule has 0 bridgehead atoms. The number of carbonyl (C=O) groups is 2. The van der Waals surface area contributed by atoms with Crippen molar-refractivity contribution in [2.24, 2.45) is 22.9 Å². The number of rotatable bonds is 20. The van der Waals surface area contributed by atoms with Gasteiger partial charge in [-0.15, -0.1) is 6.58 Å². The molecule has 6 atom stereocenters. The summed E-state index contributed by atoms with van der Waals surface area (Å²) < 4.78 is 25.5. The van der Waals surface area contributed by atoms with Crippen molar-refractivity contribution in [3.05, 3.63) is 120 Å². The molecule has 1 aliphatic heterocycles. The lowest BCUT2D eigenvalue weighted by molar-refractivity contribution is -0.255. The standard InChI is InChI=1S/C47H59N3O9/c1-4-24-50(46(54)55-3)42-30-40(49-57-32-34-18-10-7-11-19-34)38-28-35(20-12-14-25-51)37(21-13-15-26-52)43-39-29-36(58-45(53)48-31-33-16-8-6-9-17-33)22-23-41(39)59-47(42,44(38)43)56-27-5-2/h5-11,16-19,22-23,28-29,35,37,42-44,51-52H,2,4,12-15,20-21,24-27,30-32H2,1,3H3,(H,48,53). The number of amides is 2. The molecule has 12 nitrogen and oxygen atoms in total. The number of hydrogen-bond donors (Lipinski definition) is 3. The third kappa shape index (κ3) is 10.2. The fourth-order valence-electron chi connectivity index (χ4n) is 9.12. The van der Waals surface area contributed by atoms with Crippen LogP contribution in [0.5, 0.6) is 11.5 Å². The maximum atomic E-state index is 13.8. The predicted octanol–water partition coefficient (Wildman–Crippen LogP) is 8.29. The summed E-state index contributed by atoms with van der Waals surface area (Å²) in [4.78, 5) is 34.8. The van der Waals surface area contributed by atoms with Gasteiger partial charge in [-0.1, -0.05) is 97.7 Å². The summed E-state index contributed by atoms with van der Waals surface area (Å²) in [5.41, 5.74) is 4.35. The zero-order chi connectivity index (χ0) is 41.6. The zero-order valence-corrected chi connectivity index (χ0v) is 34.3. The molecule has 0 radical (unpaired) electrons. The summed E-state index contributed by atoms with van der Waals surface area (Å²) >= 11 is 0. The Morgan fingerprint density at radius 3 is 2.37 bits per heavy atom. The minimum Gasteiger partial charge on any atom is -0.459 e. The average Bonchev–Trinajstić information content (AvgIpc) is 3.26. The Labute approximate surface area is 347 Å². The lowest BCUT2D eigenvalue weighted by Crippen LogP contribution is -2.70. The van der Waals surface area contributed by atoms with Crippen LogP contribution in [0.4, 0.5) is 9.59 Å². The molecule has 59 heavy (non-hydrogen) atoms. The van der Waals surface area contributed by atoms with Crippen molar-refractivity contribution in [1.29, 1.82) is 0 Å². The minimum atomic E-state index is -1.42. The molecule has 6 rings (SSSR count). The summed E-state index contributed by atoms with van der Waals surface area (Å²) in [5, 5.41) is 27.5. The van der Waals surface area contributed by atoms with Crippen LogP contribution in [0.1, 0.15) is 80.9 Å². The number of aliphatic hydroxyl groups is 2. The lowest BCUT2D eigenvalue weighted by Gasteiger charge is -2.59. The maximum Gasteiger partial charge on any atom is 0.412 e. The smallest absolute Gasteiger partial charge is 0.412 e. The van der Waals surface area contributed by atoms with Crippen molar-refractivity contribution >= 4 is 17.9 Å². The van der Waals surface area contributed by atoms with Gasteiger partial charge in [0.25, 0.3) is 0 Å². The highest BCUT2D eigenvalue weighted by molar-refractivity contribution is 6.03. The number of nitrogens with zero attached hydrogens (tertiary/aromatic N) is 2. The summed E-state index contributed by atoms with van der Waals surface area (Å²) in [5.74, 6) is -1.24. The second kappa shape index (κ2) is 21.2. The van der Waals surface area contributed by atoms with Gasteiger partial charge in [0.05, 0.1) is 25.3 Å². The molecule has 1 saturated carbocycles. The van der Waals surface area contributed by atoms with Crippen LogP contribution in [0.2, 0.25) is 0 Å². The van der Waals surface area contributed by atoms with Crippen molar-refractivity contribution in [1.82, 2.24) is 10.2 Å². The minimum absolute atomic E-state index is 0.00787. The molecule has 0 spiro atoms. The molecule has 0 aromatic heterocycles. The van der Waals surface area contributed by atoms with Gasteiger partial charge < -0.3 is 39.3 Å². The molecule has 0 saturated heterocycles. The number of methoxy groups -OCH3 is 1. The highest BCUT2D eigenvalue weighted by atomic mass is 16.7. The Balaban J connectivity index is 1.51. The Morgan fingerprint density at radius 1 is 0.983 bits per heavy atom. The van der Waals surface area contributed by atoms with Crippen molar-refractivity contribution in [3.8, 4) is 11.5 Å². The zero-order valence-electron chi connectivity index (χ0n) is 34.3. The molecule has 1 fully saturated rings. The maximum absolute atomic E-state index is 13.8. The number of fused-ring (bicyclic) bond motifs is 2. The van der Waals surface area contributed by atoms with E-state index in [1.54, 1.807) is 17.0 Å². The molecule has 3 aliphatic rings. The van der Waals surface area contributed by atoms with Gasteiger partial charge in [-0.05, 0) is 78.8 Å². The number of carbonyl (C=O) groups excluding carboxylic acids is 2. The summed E-state index contributed by atoms with van der Waals surface area (Å²) in [6, 6.07) is 24.2. The van der Waals surface area contributed by atoms with Gasteiger partial charge >= 0.3 is 12.2 Å². The van der Waals surface area contributed by atoms with E-state index in [1.807, 2.05) is 79.7 Å². The second-order valence-electron chi connectivity index (χ2n) is 15.4. The summed E-state index contributed by atoms with van der Waals surface area (Å²) in [6.07, 6.45) is 8.23. The normalized spacial score (nSPS) is 23.5. The van der Waals surface area contributed by atoms with Crippen LogP contribution < -0.4 is 14.8 Å². The van der Waals surface area contributed by atoms with Crippen LogP contribution in [0, 0.1) is 17.8 Å². The molecule has 2 amide bonds. The second-order valence-corrected chi connectivity index (χ2v) is 15.4. The first-order valence-electron chi connectivity index (χ1n) is 21.0. The van der Waals surface area contributed by atoms with E-state index >= 15 is 0 Å². The van der Waals surface area contributed by atoms with Crippen LogP contribution in [0.3, 0.4) is 0 Å². The molecular formula is C47H59N3O9. The van der Waals surface area contributed by atoms with Gasteiger partial charge in [-0.3, -0.25) is 4.90 Å². The highest BCUT2D eigenvalue weighted by Gasteiger charge is 2.65. The van der Waals surface area contributed by atoms with E-state index in [0.29, 0.717) is 49.6 Å². The van der Waals surface area contributed by atoms with E-state index < -0.39 is 29.9 Å². The van der Waals surface area contributed by atoms with E-state index in [0.717, 1.165) is 47.9 Å². The van der Waals surface area contributed by atoms with Gasteiger partial charge in [0.1, 0.15) is 24.1 Å². The third-order valence-electron chi connectivity index (χ3n) is 11.6. The fourth-order valence-corrected chi connectivity index (χ4v) is 9.12. The number of allylic oxidation sites excluding steroid dienone is 1. The van der Waals surface area contributed by atoms with Crippen molar-refractivity contribution in [2.75, 3.05) is 33.5 Å². The first-order valence-corrected chi connectivity index (χ1v) is 21.0. The number of ether oxygens (including phenoxy) is 4. The largest absolute Gasteiger partial charge is 0.459 e. The van der Waals surface area contributed by atoms with Crippen LogP contribution in [-0.4, -0.2) is 78.3 Å². The third-order valence-corrected chi connectivity index (χ3v) is 11.6. The quantitative estimate of drug-likeness (QED) is 0.0583. The fraction of sp³-hybridized carbons (Fsp3) is 0.468. The van der Waals surface area contributed by atoms with Crippen LogP contribution >= 0.6 is 0 Å². The molecule has 2 aliphatic carbocycles. The Hall–Kier alpha value is -5.17. The van der Waals surface area contributed by atoms with Gasteiger partial charge in [0.15, 0.2) is 0 Å². The van der Waals surface area contributed by atoms with E-state index in [1.165, 1.54) is 7.11 Å². The number of benzene rings is 3. The van der Waals surface area contributed by atoms with E-state index in [9.17, 15) is 19.8 Å². The van der Waals surface area contributed by atoms with Crippen LogP contribution in [-0.2, 0) is 27.5 Å². The number of nitrogens with one attached hydrogen (secondary N) is 1. The molecular weight excluding hydrogens is 751 g/mol. The topological polar surface area (TPSA) is 148 Å². The SMILES string of the molecule is C=CCOC12Oc3ccc(OC(=O)NCc4ccccc4)cc3C3C(CCCCO)C(CCCCO)C=C(C(=NOCc4ccccc4)CC1N(CCC)C(=O)OC)C32. The summed E-state index contributed by atoms with van der Waals surface area (Å²) in [6.45, 7) is 7.22. The van der Waals surface area contributed by atoms with Crippen molar-refractivity contribution in [3.63, 3.8) is 0 Å².